The molecule has 0 saturated carbocycles. The third-order valence-corrected chi connectivity index (χ3v) is 5.03. The molecule has 1 atom stereocenters. The molecule has 1 aromatic heterocycles. The number of piperazine rings is 1. The zero-order chi connectivity index (χ0) is 17.4. The van der Waals surface area contributed by atoms with Crippen molar-refractivity contribution in [3.05, 3.63) is 65.9 Å². The highest BCUT2D eigenvalue weighted by molar-refractivity contribution is 5.97. The predicted molar refractivity (Wildman–Crippen MR) is 102 cm³/mol. The van der Waals surface area contributed by atoms with Gasteiger partial charge in [-0.15, -0.1) is 0 Å². The van der Waals surface area contributed by atoms with Crippen LogP contribution in [0.4, 0.5) is 5.69 Å². The average molecular weight is 333 g/mol. The maximum atomic E-state index is 12.8. The topological polar surface area (TPSA) is 39.3 Å². The second-order valence-electron chi connectivity index (χ2n) is 6.93. The van der Waals surface area contributed by atoms with Crippen LogP contribution in [-0.2, 0) is 11.3 Å². The summed E-state index contributed by atoms with van der Waals surface area (Å²) in [6, 6.07) is 16.6. The van der Waals surface area contributed by atoms with Crippen LogP contribution in [0, 0.1) is 6.92 Å². The van der Waals surface area contributed by atoms with Crippen molar-refractivity contribution in [2.24, 2.45) is 0 Å². The van der Waals surface area contributed by atoms with Gasteiger partial charge in [0.1, 0.15) is 0 Å². The molecule has 2 aromatic carbocycles. The summed E-state index contributed by atoms with van der Waals surface area (Å²) in [6.45, 7) is 6.32. The monoisotopic (exact) mass is 333 g/mol. The number of anilines is 1. The number of carbonyl (C=O) groups excluding carboxylic acids is 1. The fourth-order valence-electron chi connectivity index (χ4n) is 3.86. The Kier molecular flexibility index (Phi) is 4.06. The number of aromatic nitrogens is 1. The Labute approximate surface area is 148 Å². The number of aromatic amines is 1. The van der Waals surface area contributed by atoms with E-state index in [9.17, 15) is 4.79 Å². The van der Waals surface area contributed by atoms with Gasteiger partial charge in [0.2, 0.25) is 5.91 Å². The van der Waals surface area contributed by atoms with E-state index in [-0.39, 0.29) is 11.9 Å². The van der Waals surface area contributed by atoms with Crippen molar-refractivity contribution < 1.29 is 4.79 Å². The molecule has 1 saturated heterocycles. The van der Waals surface area contributed by atoms with Gasteiger partial charge in [0.15, 0.2) is 0 Å². The van der Waals surface area contributed by atoms with Gasteiger partial charge in [-0.05, 0) is 37.1 Å². The van der Waals surface area contributed by atoms with Gasteiger partial charge in [-0.3, -0.25) is 9.69 Å². The van der Waals surface area contributed by atoms with E-state index in [1.54, 1.807) is 0 Å². The number of hydrogen-bond donors (Lipinski definition) is 1. The summed E-state index contributed by atoms with van der Waals surface area (Å²) in [5.41, 5.74) is 4.58. The summed E-state index contributed by atoms with van der Waals surface area (Å²) >= 11 is 0. The van der Waals surface area contributed by atoms with Gasteiger partial charge in [0.25, 0.3) is 0 Å². The number of nitrogens with one attached hydrogen (secondary N) is 1. The Morgan fingerprint density at radius 2 is 1.88 bits per heavy atom. The third kappa shape index (κ3) is 2.94. The Hall–Kier alpha value is -2.59. The summed E-state index contributed by atoms with van der Waals surface area (Å²) in [6.07, 6.45) is 2.06. The van der Waals surface area contributed by atoms with Gasteiger partial charge in [-0.25, -0.2) is 0 Å². The number of para-hydroxylation sites is 2. The zero-order valence-electron chi connectivity index (χ0n) is 14.7. The van der Waals surface area contributed by atoms with E-state index in [1.165, 1.54) is 10.9 Å². The number of H-pyrrole nitrogens is 1. The van der Waals surface area contributed by atoms with E-state index in [0.717, 1.165) is 29.9 Å². The SMILES string of the molecule is Cc1ccccc1N1C(=O)CN(Cc2c[nH]c3ccccc23)C[C@@H]1C. The number of rotatable bonds is 3. The molecule has 1 N–H and O–H groups in total. The number of amides is 1. The highest BCUT2D eigenvalue weighted by Crippen LogP contribution is 2.26. The smallest absolute Gasteiger partial charge is 0.241 e. The minimum absolute atomic E-state index is 0.160. The van der Waals surface area contributed by atoms with Gasteiger partial charge in [0, 0.05) is 41.9 Å². The van der Waals surface area contributed by atoms with E-state index < -0.39 is 0 Å². The van der Waals surface area contributed by atoms with Crippen LogP contribution in [0.2, 0.25) is 0 Å². The average Bonchev–Trinajstić information content (AvgIpc) is 2.99. The normalized spacial score (nSPS) is 18.9. The van der Waals surface area contributed by atoms with Crippen LogP contribution < -0.4 is 4.90 Å². The van der Waals surface area contributed by atoms with E-state index in [2.05, 4.69) is 54.2 Å². The number of hydrogen-bond acceptors (Lipinski definition) is 2. The summed E-state index contributed by atoms with van der Waals surface area (Å²) in [5, 5.41) is 1.24. The van der Waals surface area contributed by atoms with E-state index in [0.29, 0.717) is 6.54 Å². The number of fused-ring (bicyclic) bond motifs is 1. The van der Waals surface area contributed by atoms with Crippen molar-refractivity contribution in [1.29, 1.82) is 0 Å². The molecular formula is C21H23N3O. The summed E-state index contributed by atoms with van der Waals surface area (Å²) < 4.78 is 0. The third-order valence-electron chi connectivity index (χ3n) is 5.03. The molecule has 0 spiro atoms. The van der Waals surface area contributed by atoms with Crippen LogP contribution in [0.15, 0.2) is 54.7 Å². The van der Waals surface area contributed by atoms with Crippen molar-refractivity contribution in [2.75, 3.05) is 18.0 Å². The maximum Gasteiger partial charge on any atom is 0.241 e. The van der Waals surface area contributed by atoms with Crippen molar-refractivity contribution in [1.82, 2.24) is 9.88 Å². The number of nitrogens with zero attached hydrogens (tertiary/aromatic N) is 2. The second kappa shape index (κ2) is 6.37. The first-order chi connectivity index (χ1) is 12.1. The summed E-state index contributed by atoms with van der Waals surface area (Å²) in [5.74, 6) is 0.174. The highest BCUT2D eigenvalue weighted by atomic mass is 16.2. The molecule has 1 aliphatic rings. The molecule has 4 heteroatoms. The molecule has 128 valence electrons. The predicted octanol–water partition coefficient (Wildman–Crippen LogP) is 3.71. The molecule has 2 heterocycles. The molecule has 4 rings (SSSR count). The van der Waals surface area contributed by atoms with Crippen molar-refractivity contribution in [3.8, 4) is 0 Å². The number of aryl methyl sites for hydroxylation is 1. The minimum atomic E-state index is 0.160. The van der Waals surface area contributed by atoms with Gasteiger partial charge >= 0.3 is 0 Å². The van der Waals surface area contributed by atoms with Crippen molar-refractivity contribution in [2.45, 2.75) is 26.4 Å². The molecule has 4 nitrogen and oxygen atoms in total. The van der Waals surface area contributed by atoms with Crippen LogP contribution >= 0.6 is 0 Å². The lowest BCUT2D eigenvalue weighted by Gasteiger charge is -2.40. The summed E-state index contributed by atoms with van der Waals surface area (Å²) in [4.78, 5) is 20.4. The first kappa shape index (κ1) is 15.9. The second-order valence-corrected chi connectivity index (χ2v) is 6.93. The van der Waals surface area contributed by atoms with Gasteiger partial charge in [-0.1, -0.05) is 36.4 Å². The quantitative estimate of drug-likeness (QED) is 0.793. The molecule has 0 radical (unpaired) electrons. The Morgan fingerprint density at radius 1 is 1.12 bits per heavy atom. The lowest BCUT2D eigenvalue weighted by molar-refractivity contribution is -0.122. The Morgan fingerprint density at radius 3 is 2.68 bits per heavy atom. The molecule has 3 aromatic rings. The van der Waals surface area contributed by atoms with E-state index in [4.69, 9.17) is 0 Å². The van der Waals surface area contributed by atoms with E-state index >= 15 is 0 Å². The lowest BCUT2D eigenvalue weighted by atomic mass is 10.1. The fourth-order valence-corrected chi connectivity index (χ4v) is 3.86. The molecule has 1 aliphatic heterocycles. The lowest BCUT2D eigenvalue weighted by Crippen LogP contribution is -2.55. The van der Waals surface area contributed by atoms with Crippen molar-refractivity contribution >= 4 is 22.5 Å². The van der Waals surface area contributed by atoms with Crippen LogP contribution in [0.25, 0.3) is 10.9 Å². The number of carbonyl (C=O) groups is 1. The van der Waals surface area contributed by atoms with Crippen molar-refractivity contribution in [3.63, 3.8) is 0 Å². The van der Waals surface area contributed by atoms with Crippen LogP contribution in [0.5, 0.6) is 0 Å². The zero-order valence-corrected chi connectivity index (χ0v) is 14.7. The van der Waals surface area contributed by atoms with Gasteiger partial charge in [0.05, 0.1) is 6.54 Å². The first-order valence-electron chi connectivity index (χ1n) is 8.78. The standard InChI is InChI=1S/C21H23N3O/c1-15-7-3-6-10-20(15)24-16(2)12-23(14-21(24)25)13-17-11-22-19-9-5-4-8-18(17)19/h3-11,16,22H,12-14H2,1-2H3/t16-/m0/s1. The molecular weight excluding hydrogens is 310 g/mol. The molecule has 0 unspecified atom stereocenters. The first-order valence-corrected chi connectivity index (χ1v) is 8.78. The van der Waals surface area contributed by atoms with E-state index in [1.807, 2.05) is 29.2 Å². The molecule has 0 aliphatic carbocycles. The Balaban J connectivity index is 1.54. The highest BCUT2D eigenvalue weighted by Gasteiger charge is 2.31. The Bertz CT molecular complexity index is 914. The van der Waals surface area contributed by atoms with Crippen LogP contribution in [-0.4, -0.2) is 34.9 Å². The summed E-state index contributed by atoms with van der Waals surface area (Å²) in [7, 11) is 0. The van der Waals surface area contributed by atoms with Crippen LogP contribution in [0.1, 0.15) is 18.1 Å². The minimum Gasteiger partial charge on any atom is -0.361 e. The van der Waals surface area contributed by atoms with Crippen LogP contribution in [0.3, 0.4) is 0 Å². The van der Waals surface area contributed by atoms with Gasteiger partial charge < -0.3 is 9.88 Å². The molecule has 0 bridgehead atoms. The maximum absolute atomic E-state index is 12.8. The molecule has 1 amide bonds. The largest absolute Gasteiger partial charge is 0.361 e. The molecule has 25 heavy (non-hydrogen) atoms. The number of benzene rings is 2. The fraction of sp³-hybridized carbons (Fsp3) is 0.286. The van der Waals surface area contributed by atoms with Gasteiger partial charge in [-0.2, -0.15) is 0 Å². The molecule has 1 fully saturated rings.